The molecular weight excluding hydrogens is 324 g/mol. The number of hydrogen-bond acceptors (Lipinski definition) is 6. The third kappa shape index (κ3) is 4.52. The van der Waals surface area contributed by atoms with Gasteiger partial charge in [-0.2, -0.15) is 0 Å². The van der Waals surface area contributed by atoms with E-state index in [1.807, 2.05) is 25.4 Å². The highest BCUT2D eigenvalue weighted by Crippen LogP contribution is 2.26. The van der Waals surface area contributed by atoms with E-state index in [0.717, 1.165) is 26.1 Å². The molecule has 0 unspecified atom stereocenters. The van der Waals surface area contributed by atoms with Crippen molar-refractivity contribution >= 4 is 22.4 Å². The van der Waals surface area contributed by atoms with Crippen molar-refractivity contribution in [2.75, 3.05) is 25.0 Å². The number of nitrogens with zero attached hydrogens (tertiary/aromatic N) is 3. The Morgan fingerprint density at radius 1 is 1.46 bits per heavy atom. The van der Waals surface area contributed by atoms with E-state index in [1.54, 1.807) is 11.3 Å². The fourth-order valence-corrected chi connectivity index (χ4v) is 3.78. The van der Waals surface area contributed by atoms with Gasteiger partial charge in [0.25, 0.3) is 0 Å². The summed E-state index contributed by atoms with van der Waals surface area (Å²) in [6, 6.07) is 4.10. The average molecular weight is 346 g/mol. The molecule has 0 bridgehead atoms. The number of carbonyl (C=O) groups is 1. The topological polar surface area (TPSA) is 67.3 Å². The number of rotatable bonds is 7. The molecule has 0 radical (unpaired) electrons. The van der Waals surface area contributed by atoms with Gasteiger partial charge in [0.05, 0.1) is 6.61 Å². The van der Waals surface area contributed by atoms with Crippen LogP contribution in [0.1, 0.15) is 24.3 Å². The highest BCUT2D eigenvalue weighted by Gasteiger charge is 2.27. The van der Waals surface area contributed by atoms with Crippen LogP contribution in [-0.2, 0) is 17.8 Å². The first kappa shape index (κ1) is 16.9. The largest absolute Gasteiger partial charge is 0.478 e. The Balaban J connectivity index is 1.45. The summed E-state index contributed by atoms with van der Waals surface area (Å²) in [5.41, 5.74) is 1.28. The Labute approximate surface area is 145 Å². The van der Waals surface area contributed by atoms with Crippen LogP contribution in [0.25, 0.3) is 0 Å². The molecule has 2 aromatic heterocycles. The Hall–Kier alpha value is -1.99. The van der Waals surface area contributed by atoms with Crippen LogP contribution in [0.4, 0.5) is 5.13 Å². The van der Waals surface area contributed by atoms with Crippen LogP contribution in [0.15, 0.2) is 24.5 Å². The van der Waals surface area contributed by atoms with E-state index in [9.17, 15) is 4.79 Å². The summed E-state index contributed by atoms with van der Waals surface area (Å²) < 4.78 is 5.45. The molecule has 3 rings (SSSR count). The summed E-state index contributed by atoms with van der Waals surface area (Å²) in [7, 11) is 0. The molecule has 0 saturated carbocycles. The number of aromatic nitrogens is 2. The van der Waals surface area contributed by atoms with Crippen LogP contribution in [0.5, 0.6) is 5.88 Å². The van der Waals surface area contributed by atoms with Crippen molar-refractivity contribution in [1.29, 1.82) is 0 Å². The number of carbonyl (C=O) groups excluding carboxylic acids is 1. The van der Waals surface area contributed by atoms with Crippen molar-refractivity contribution < 1.29 is 9.53 Å². The Kier molecular flexibility index (Phi) is 5.42. The second-order valence-corrected chi connectivity index (χ2v) is 7.13. The molecule has 24 heavy (non-hydrogen) atoms. The third-order valence-electron chi connectivity index (χ3n) is 3.86. The first-order valence-electron chi connectivity index (χ1n) is 8.14. The van der Waals surface area contributed by atoms with E-state index < -0.39 is 0 Å². The van der Waals surface area contributed by atoms with Gasteiger partial charge in [0.2, 0.25) is 11.8 Å². The predicted molar refractivity (Wildman–Crippen MR) is 94.3 cm³/mol. The minimum absolute atomic E-state index is 0.0799. The molecule has 1 fully saturated rings. The van der Waals surface area contributed by atoms with Crippen LogP contribution in [0.2, 0.25) is 0 Å². The van der Waals surface area contributed by atoms with Gasteiger partial charge in [0.15, 0.2) is 5.13 Å². The smallest absolute Gasteiger partial charge is 0.223 e. The fraction of sp³-hybridized carbons (Fsp3) is 0.471. The lowest BCUT2D eigenvalue weighted by Crippen LogP contribution is -2.46. The highest BCUT2D eigenvalue weighted by atomic mass is 32.1. The van der Waals surface area contributed by atoms with Crippen molar-refractivity contribution in [2.45, 2.75) is 26.8 Å². The molecule has 7 heteroatoms. The van der Waals surface area contributed by atoms with Crippen molar-refractivity contribution in [3.63, 3.8) is 0 Å². The fourth-order valence-electron chi connectivity index (χ4n) is 2.88. The second kappa shape index (κ2) is 7.72. The van der Waals surface area contributed by atoms with E-state index in [-0.39, 0.29) is 5.91 Å². The number of nitrogens with one attached hydrogen (secondary N) is 1. The maximum absolute atomic E-state index is 11.0. The van der Waals surface area contributed by atoms with Crippen molar-refractivity contribution in [1.82, 2.24) is 14.9 Å². The first-order chi connectivity index (χ1) is 11.6. The lowest BCUT2D eigenvalue weighted by molar-refractivity contribution is -0.114. The zero-order valence-corrected chi connectivity index (χ0v) is 14.8. The molecule has 0 aromatic carbocycles. The summed E-state index contributed by atoms with van der Waals surface area (Å²) in [5.74, 6) is 1.30. The van der Waals surface area contributed by atoms with E-state index in [1.165, 1.54) is 17.4 Å². The number of hydrogen-bond donors (Lipinski definition) is 1. The normalized spacial score (nSPS) is 15.1. The van der Waals surface area contributed by atoms with Gasteiger partial charge >= 0.3 is 0 Å². The van der Waals surface area contributed by atoms with Gasteiger partial charge in [-0.05, 0) is 30.9 Å². The number of anilines is 1. The van der Waals surface area contributed by atoms with Crippen LogP contribution < -0.4 is 10.1 Å². The number of pyridine rings is 1. The molecule has 1 aliphatic heterocycles. The van der Waals surface area contributed by atoms with Gasteiger partial charge in [-0.15, -0.1) is 11.3 Å². The number of thiazole rings is 1. The molecule has 1 amide bonds. The lowest BCUT2D eigenvalue weighted by atomic mass is 9.92. The maximum atomic E-state index is 11.0. The van der Waals surface area contributed by atoms with Gasteiger partial charge in [-0.25, -0.2) is 9.97 Å². The molecule has 1 saturated heterocycles. The van der Waals surface area contributed by atoms with E-state index in [4.69, 9.17) is 4.74 Å². The quantitative estimate of drug-likeness (QED) is 0.834. The molecule has 128 valence electrons. The van der Waals surface area contributed by atoms with Crippen LogP contribution in [0.3, 0.4) is 0 Å². The molecular formula is C17H22N4O2S. The second-order valence-electron chi connectivity index (χ2n) is 6.01. The molecule has 6 nitrogen and oxygen atoms in total. The van der Waals surface area contributed by atoms with E-state index in [0.29, 0.717) is 23.5 Å². The monoisotopic (exact) mass is 346 g/mol. The van der Waals surface area contributed by atoms with Crippen LogP contribution in [-0.4, -0.2) is 40.5 Å². The summed E-state index contributed by atoms with van der Waals surface area (Å²) in [5, 5.41) is 3.40. The number of amides is 1. The van der Waals surface area contributed by atoms with Crippen molar-refractivity contribution in [2.24, 2.45) is 5.92 Å². The van der Waals surface area contributed by atoms with E-state index in [2.05, 4.69) is 26.3 Å². The zero-order valence-electron chi connectivity index (χ0n) is 14.0. The molecule has 0 spiro atoms. The summed E-state index contributed by atoms with van der Waals surface area (Å²) in [6.45, 7) is 7.17. The maximum Gasteiger partial charge on any atom is 0.223 e. The molecule has 3 heterocycles. The Morgan fingerprint density at radius 2 is 2.29 bits per heavy atom. The zero-order chi connectivity index (χ0) is 16.9. The highest BCUT2D eigenvalue weighted by molar-refractivity contribution is 7.15. The first-order valence-corrected chi connectivity index (χ1v) is 8.96. The lowest BCUT2D eigenvalue weighted by Gasteiger charge is -2.39. The van der Waals surface area contributed by atoms with Gasteiger partial charge in [-0.1, -0.05) is 0 Å². The minimum atomic E-state index is -0.0799. The summed E-state index contributed by atoms with van der Waals surface area (Å²) in [4.78, 5) is 23.0. The Bertz CT molecular complexity index is 697. The average Bonchev–Trinajstić information content (AvgIpc) is 2.92. The van der Waals surface area contributed by atoms with Gasteiger partial charge in [-0.3, -0.25) is 9.69 Å². The third-order valence-corrected chi connectivity index (χ3v) is 4.76. The molecule has 0 atom stereocenters. The molecule has 1 N–H and O–H groups in total. The minimum Gasteiger partial charge on any atom is -0.478 e. The summed E-state index contributed by atoms with van der Waals surface area (Å²) in [6.07, 6.45) is 4.72. The van der Waals surface area contributed by atoms with Crippen molar-refractivity contribution in [3.8, 4) is 5.88 Å². The molecule has 0 aliphatic carbocycles. The number of ether oxygens (including phenoxy) is 1. The molecule has 2 aromatic rings. The van der Waals surface area contributed by atoms with Gasteiger partial charge in [0.1, 0.15) is 0 Å². The SMILES string of the molecule is CCOc1cc(CC2CN(Cc3cnc(NC(C)=O)s3)C2)ccn1. The predicted octanol–water partition coefficient (Wildman–Crippen LogP) is 2.57. The number of likely N-dealkylation sites (tertiary alicyclic amines) is 1. The van der Waals surface area contributed by atoms with Gasteiger partial charge < -0.3 is 10.1 Å². The summed E-state index contributed by atoms with van der Waals surface area (Å²) >= 11 is 1.54. The van der Waals surface area contributed by atoms with Crippen molar-refractivity contribution in [3.05, 3.63) is 35.0 Å². The van der Waals surface area contributed by atoms with Crippen LogP contribution >= 0.6 is 11.3 Å². The van der Waals surface area contributed by atoms with Gasteiger partial charge in [0, 0.05) is 49.9 Å². The molecule has 1 aliphatic rings. The standard InChI is InChI=1S/C17H22N4O2S/c1-3-23-16-7-13(4-5-18-16)6-14-9-21(10-14)11-15-8-19-17(24-15)20-12(2)22/h4-5,7-8,14H,3,6,9-11H2,1-2H3,(H,19,20,22). The van der Waals surface area contributed by atoms with Crippen LogP contribution in [0, 0.1) is 5.92 Å². The van der Waals surface area contributed by atoms with E-state index >= 15 is 0 Å². The Morgan fingerprint density at radius 3 is 3.04 bits per heavy atom.